The number of nitrogens with one attached hydrogen (secondary N) is 1. The molecule has 1 N–H and O–H groups in total. The van der Waals surface area contributed by atoms with Gasteiger partial charge in [0.1, 0.15) is 0 Å². The van der Waals surface area contributed by atoms with Crippen molar-refractivity contribution in [1.82, 2.24) is 4.81 Å². The first-order valence-electron chi connectivity index (χ1n) is 7.49. The van der Waals surface area contributed by atoms with Gasteiger partial charge in [0, 0.05) is 17.6 Å². The van der Waals surface area contributed by atoms with Crippen molar-refractivity contribution in [3.63, 3.8) is 0 Å². The summed E-state index contributed by atoms with van der Waals surface area (Å²) in [5.41, 5.74) is 3.11. The summed E-state index contributed by atoms with van der Waals surface area (Å²) in [4.78, 5) is 2.40. The Hall–Kier alpha value is -0.955. The number of hydrogen-bond donors (Lipinski definition) is 1. The van der Waals surface area contributed by atoms with E-state index in [4.69, 9.17) is 0 Å². The fourth-order valence-electron chi connectivity index (χ4n) is 3.16. The first-order chi connectivity index (χ1) is 8.95. The summed E-state index contributed by atoms with van der Waals surface area (Å²) in [5, 5.41) is 3.75. The smallest absolute Gasteiger partial charge is 0.185 e. The van der Waals surface area contributed by atoms with Gasteiger partial charge in [-0.15, -0.1) is 0 Å². The standard InChI is InChI=1S/C16H27BN2/c1-5-19(17)11-10-16(3,4)15-12(2)13-8-6-7-9-14(13)18-15/h6-9,12,15,18H,5,10-11,17H2,1-4H3. The largest absolute Gasteiger partial charge is 0.381 e. The molecular formula is C16H27BN2. The quantitative estimate of drug-likeness (QED) is 0.817. The molecule has 0 amide bonds. The van der Waals surface area contributed by atoms with E-state index >= 15 is 0 Å². The van der Waals surface area contributed by atoms with Gasteiger partial charge in [0.15, 0.2) is 7.98 Å². The van der Waals surface area contributed by atoms with Crippen LogP contribution in [-0.4, -0.2) is 31.9 Å². The lowest BCUT2D eigenvalue weighted by atomic mass is 9.75. The molecule has 1 heterocycles. The van der Waals surface area contributed by atoms with Gasteiger partial charge in [-0.3, -0.25) is 0 Å². The van der Waals surface area contributed by atoms with Crippen molar-refractivity contribution in [2.45, 2.75) is 46.1 Å². The Morgan fingerprint density at radius 2 is 2.00 bits per heavy atom. The maximum absolute atomic E-state index is 3.75. The molecule has 3 heteroatoms. The predicted molar refractivity (Wildman–Crippen MR) is 86.5 cm³/mol. The van der Waals surface area contributed by atoms with Crippen LogP contribution in [0.2, 0.25) is 0 Å². The molecule has 2 atom stereocenters. The highest BCUT2D eigenvalue weighted by atomic mass is 15.0. The molecule has 0 saturated carbocycles. The molecule has 1 aromatic rings. The Bertz CT molecular complexity index is 431. The lowest BCUT2D eigenvalue weighted by molar-refractivity contribution is 0.240. The lowest BCUT2D eigenvalue weighted by Gasteiger charge is -2.36. The van der Waals surface area contributed by atoms with Crippen LogP contribution in [0.25, 0.3) is 0 Å². The normalized spacial score (nSPS) is 22.4. The van der Waals surface area contributed by atoms with Gasteiger partial charge < -0.3 is 10.1 Å². The van der Waals surface area contributed by atoms with E-state index in [1.165, 1.54) is 24.2 Å². The van der Waals surface area contributed by atoms with Gasteiger partial charge in [0.25, 0.3) is 0 Å². The number of benzene rings is 1. The third-order valence-corrected chi connectivity index (χ3v) is 4.78. The van der Waals surface area contributed by atoms with Crippen molar-refractivity contribution < 1.29 is 0 Å². The van der Waals surface area contributed by atoms with Crippen LogP contribution < -0.4 is 5.32 Å². The fraction of sp³-hybridized carbons (Fsp3) is 0.625. The molecule has 2 nitrogen and oxygen atoms in total. The van der Waals surface area contributed by atoms with Crippen LogP contribution in [0.15, 0.2) is 24.3 Å². The van der Waals surface area contributed by atoms with Crippen LogP contribution in [0.3, 0.4) is 0 Å². The van der Waals surface area contributed by atoms with E-state index in [1.54, 1.807) is 0 Å². The van der Waals surface area contributed by atoms with Crippen molar-refractivity contribution in [2.24, 2.45) is 5.41 Å². The summed E-state index contributed by atoms with van der Waals surface area (Å²) in [6.07, 6.45) is 1.23. The zero-order chi connectivity index (χ0) is 14.0. The van der Waals surface area contributed by atoms with Gasteiger partial charge in [-0.2, -0.15) is 0 Å². The maximum atomic E-state index is 3.75. The summed E-state index contributed by atoms with van der Waals surface area (Å²) in [7, 11) is 2.20. The van der Waals surface area contributed by atoms with Gasteiger partial charge >= 0.3 is 0 Å². The summed E-state index contributed by atoms with van der Waals surface area (Å²) < 4.78 is 0. The Balaban J connectivity index is 2.07. The van der Waals surface area contributed by atoms with Crippen LogP contribution in [-0.2, 0) is 0 Å². The summed E-state index contributed by atoms with van der Waals surface area (Å²) >= 11 is 0. The number of para-hydroxylation sites is 1. The molecule has 1 aromatic carbocycles. The van der Waals surface area contributed by atoms with Gasteiger partial charge in [-0.25, -0.2) is 0 Å². The Morgan fingerprint density at radius 3 is 2.63 bits per heavy atom. The van der Waals surface area contributed by atoms with Gasteiger partial charge in [-0.1, -0.05) is 45.9 Å². The van der Waals surface area contributed by atoms with E-state index in [9.17, 15) is 0 Å². The van der Waals surface area contributed by atoms with Crippen molar-refractivity contribution in [2.75, 3.05) is 18.4 Å². The van der Waals surface area contributed by atoms with Crippen LogP contribution in [0.5, 0.6) is 0 Å². The van der Waals surface area contributed by atoms with Crippen molar-refractivity contribution in [3.8, 4) is 0 Å². The summed E-state index contributed by atoms with van der Waals surface area (Å²) in [6.45, 7) is 11.7. The number of anilines is 1. The van der Waals surface area contributed by atoms with Crippen LogP contribution >= 0.6 is 0 Å². The van der Waals surface area contributed by atoms with Crippen molar-refractivity contribution in [1.29, 1.82) is 0 Å². The lowest BCUT2D eigenvalue weighted by Crippen LogP contribution is -2.39. The molecule has 104 valence electrons. The van der Waals surface area contributed by atoms with E-state index in [1.807, 2.05) is 0 Å². The molecule has 0 spiro atoms. The van der Waals surface area contributed by atoms with Crippen LogP contribution in [0.4, 0.5) is 5.69 Å². The van der Waals surface area contributed by atoms with E-state index in [-0.39, 0.29) is 0 Å². The molecule has 1 aliphatic heterocycles. The zero-order valence-electron chi connectivity index (χ0n) is 13.0. The molecule has 1 aliphatic rings. The molecule has 0 aliphatic carbocycles. The molecular weight excluding hydrogens is 231 g/mol. The average Bonchev–Trinajstić information content (AvgIpc) is 2.75. The van der Waals surface area contributed by atoms with Gasteiger partial charge in [0.05, 0.1) is 0 Å². The molecule has 19 heavy (non-hydrogen) atoms. The van der Waals surface area contributed by atoms with E-state index in [0.717, 1.165) is 6.54 Å². The Kier molecular flexibility index (Phi) is 4.24. The second-order valence-electron chi connectivity index (χ2n) is 6.63. The van der Waals surface area contributed by atoms with Crippen molar-refractivity contribution in [3.05, 3.63) is 29.8 Å². The molecule has 0 bridgehead atoms. The molecule has 0 radical (unpaired) electrons. The molecule has 2 rings (SSSR count). The number of fused-ring (bicyclic) bond motifs is 1. The third kappa shape index (κ3) is 2.97. The second-order valence-corrected chi connectivity index (χ2v) is 6.63. The highest BCUT2D eigenvalue weighted by Crippen LogP contribution is 2.44. The van der Waals surface area contributed by atoms with E-state index in [2.05, 4.69) is 70.1 Å². The molecule has 0 fully saturated rings. The topological polar surface area (TPSA) is 15.3 Å². The van der Waals surface area contributed by atoms with Gasteiger partial charge in [0.2, 0.25) is 0 Å². The average molecular weight is 258 g/mol. The highest BCUT2D eigenvalue weighted by Gasteiger charge is 2.38. The van der Waals surface area contributed by atoms with Crippen LogP contribution in [0, 0.1) is 5.41 Å². The first kappa shape index (κ1) is 14.5. The minimum atomic E-state index is 0.307. The van der Waals surface area contributed by atoms with Gasteiger partial charge in [-0.05, 0) is 36.6 Å². The minimum Gasteiger partial charge on any atom is -0.381 e. The van der Waals surface area contributed by atoms with E-state index in [0.29, 0.717) is 17.4 Å². The van der Waals surface area contributed by atoms with Crippen molar-refractivity contribution >= 4 is 13.7 Å². The van der Waals surface area contributed by atoms with Crippen LogP contribution in [0.1, 0.15) is 45.6 Å². The molecule has 0 saturated heterocycles. The summed E-state index contributed by atoms with van der Waals surface area (Å²) in [6, 6.07) is 9.28. The maximum Gasteiger partial charge on any atom is 0.185 e. The number of hydrogen-bond acceptors (Lipinski definition) is 2. The molecule has 2 unspecified atom stereocenters. The second kappa shape index (κ2) is 5.58. The fourth-order valence-corrected chi connectivity index (χ4v) is 3.16. The Morgan fingerprint density at radius 1 is 1.32 bits per heavy atom. The first-order valence-corrected chi connectivity index (χ1v) is 7.49. The predicted octanol–water partition coefficient (Wildman–Crippen LogP) is 2.87. The monoisotopic (exact) mass is 258 g/mol. The number of nitrogens with zero attached hydrogens (tertiary/aromatic N) is 1. The number of rotatable bonds is 5. The Labute approximate surface area is 119 Å². The SMILES string of the molecule is BN(CC)CCC(C)(C)C1Nc2ccccc2C1C. The zero-order valence-corrected chi connectivity index (χ0v) is 13.0. The minimum absolute atomic E-state index is 0.307. The van der Waals surface area contributed by atoms with E-state index < -0.39 is 0 Å². The highest BCUT2D eigenvalue weighted by molar-refractivity contribution is 6.04. The third-order valence-electron chi connectivity index (χ3n) is 4.78. The molecule has 0 aromatic heterocycles. The summed E-state index contributed by atoms with van der Waals surface area (Å²) in [5.74, 6) is 0.595.